The van der Waals surface area contributed by atoms with Crippen molar-refractivity contribution in [2.45, 2.75) is 6.54 Å². The van der Waals surface area contributed by atoms with Crippen LogP contribution in [0.25, 0.3) is 0 Å². The first-order valence-corrected chi connectivity index (χ1v) is 6.46. The van der Waals surface area contributed by atoms with E-state index in [-0.39, 0.29) is 5.75 Å². The molecule has 0 aliphatic heterocycles. The number of nitrogens with one attached hydrogen (secondary N) is 1. The Balaban J connectivity index is 1.91. The summed E-state index contributed by atoms with van der Waals surface area (Å²) in [6.07, 6.45) is 1.66. The monoisotopic (exact) mass is 294 g/mol. The van der Waals surface area contributed by atoms with Crippen LogP contribution in [0, 0.1) is 11.6 Å². The average Bonchev–Trinajstić information content (AvgIpc) is 2.49. The Labute approximate surface area is 121 Å². The summed E-state index contributed by atoms with van der Waals surface area (Å²) >= 11 is 0. The van der Waals surface area contributed by atoms with E-state index in [1.807, 2.05) is 6.07 Å². The highest BCUT2D eigenvalue weighted by Crippen LogP contribution is 2.21. The first-order chi connectivity index (χ1) is 10.2. The van der Waals surface area contributed by atoms with E-state index in [0.717, 1.165) is 24.2 Å². The molecule has 0 fully saturated rings. The van der Waals surface area contributed by atoms with E-state index in [0.29, 0.717) is 19.0 Å². The van der Waals surface area contributed by atoms with E-state index in [4.69, 9.17) is 9.47 Å². The topological polar surface area (TPSA) is 43.4 Å². The summed E-state index contributed by atoms with van der Waals surface area (Å²) in [4.78, 5) is 4.12. The second kappa shape index (κ2) is 7.66. The molecule has 0 radical (unpaired) electrons. The Morgan fingerprint density at radius 2 is 2.00 bits per heavy atom. The second-order valence-electron chi connectivity index (χ2n) is 4.35. The normalized spacial score (nSPS) is 10.6. The first kappa shape index (κ1) is 15.3. The van der Waals surface area contributed by atoms with E-state index in [1.54, 1.807) is 19.4 Å². The van der Waals surface area contributed by atoms with Crippen molar-refractivity contribution in [3.8, 4) is 11.6 Å². The van der Waals surface area contributed by atoms with Crippen LogP contribution in [0.5, 0.6) is 11.6 Å². The van der Waals surface area contributed by atoms with Crippen molar-refractivity contribution in [1.82, 2.24) is 10.3 Å². The van der Waals surface area contributed by atoms with Crippen molar-refractivity contribution in [2.24, 2.45) is 0 Å². The minimum absolute atomic E-state index is 0.201. The third kappa shape index (κ3) is 4.77. The zero-order valence-electron chi connectivity index (χ0n) is 11.6. The maximum absolute atomic E-state index is 13.1. The zero-order chi connectivity index (χ0) is 15.1. The maximum Gasteiger partial charge on any atom is 0.219 e. The first-order valence-electron chi connectivity index (χ1n) is 6.46. The molecule has 21 heavy (non-hydrogen) atoms. The maximum atomic E-state index is 13.1. The van der Waals surface area contributed by atoms with Crippen LogP contribution in [-0.2, 0) is 11.3 Å². The average molecular weight is 294 g/mol. The standard InChI is InChI=1S/C15H16F2N2O2/c1-20-7-6-18-9-11-2-5-15(19-10-11)21-12-3-4-13(16)14(17)8-12/h2-5,8,10,18H,6-7,9H2,1H3. The molecule has 0 aliphatic rings. The fraction of sp³-hybridized carbons (Fsp3) is 0.267. The lowest BCUT2D eigenvalue weighted by molar-refractivity contribution is 0.199. The van der Waals surface area contributed by atoms with Gasteiger partial charge in [0.25, 0.3) is 0 Å². The molecule has 2 rings (SSSR count). The Morgan fingerprint density at radius 3 is 2.67 bits per heavy atom. The van der Waals surface area contributed by atoms with Gasteiger partial charge in [0.05, 0.1) is 6.61 Å². The smallest absolute Gasteiger partial charge is 0.219 e. The highest BCUT2D eigenvalue weighted by molar-refractivity contribution is 5.28. The highest BCUT2D eigenvalue weighted by Gasteiger charge is 2.05. The fourth-order valence-electron chi connectivity index (χ4n) is 1.64. The largest absolute Gasteiger partial charge is 0.439 e. The van der Waals surface area contributed by atoms with Crippen molar-refractivity contribution >= 4 is 0 Å². The van der Waals surface area contributed by atoms with Crippen molar-refractivity contribution in [2.75, 3.05) is 20.3 Å². The molecule has 4 nitrogen and oxygen atoms in total. The highest BCUT2D eigenvalue weighted by atomic mass is 19.2. The van der Waals surface area contributed by atoms with Crippen LogP contribution < -0.4 is 10.1 Å². The van der Waals surface area contributed by atoms with Crippen molar-refractivity contribution in [3.63, 3.8) is 0 Å². The molecule has 0 atom stereocenters. The number of ether oxygens (including phenoxy) is 2. The van der Waals surface area contributed by atoms with Crippen LogP contribution in [0.15, 0.2) is 36.5 Å². The van der Waals surface area contributed by atoms with Gasteiger partial charge in [0, 0.05) is 38.5 Å². The van der Waals surface area contributed by atoms with E-state index in [2.05, 4.69) is 10.3 Å². The molecule has 1 heterocycles. The fourth-order valence-corrected chi connectivity index (χ4v) is 1.64. The minimum Gasteiger partial charge on any atom is -0.439 e. The Bertz CT molecular complexity index is 576. The van der Waals surface area contributed by atoms with Gasteiger partial charge in [-0.25, -0.2) is 13.8 Å². The van der Waals surface area contributed by atoms with Crippen LogP contribution in [0.2, 0.25) is 0 Å². The quantitative estimate of drug-likeness (QED) is 0.797. The number of pyridine rings is 1. The Hall–Kier alpha value is -2.05. The summed E-state index contributed by atoms with van der Waals surface area (Å²) in [6, 6.07) is 6.87. The summed E-state index contributed by atoms with van der Waals surface area (Å²) in [6.45, 7) is 2.07. The number of methoxy groups -OCH3 is 1. The van der Waals surface area contributed by atoms with Crippen molar-refractivity contribution in [1.29, 1.82) is 0 Å². The van der Waals surface area contributed by atoms with Crippen LogP contribution in [-0.4, -0.2) is 25.2 Å². The van der Waals surface area contributed by atoms with Gasteiger partial charge in [-0.2, -0.15) is 0 Å². The molecule has 0 unspecified atom stereocenters. The van der Waals surface area contributed by atoms with E-state index in [1.165, 1.54) is 6.07 Å². The number of aromatic nitrogens is 1. The molecular weight excluding hydrogens is 278 g/mol. The van der Waals surface area contributed by atoms with Gasteiger partial charge in [-0.15, -0.1) is 0 Å². The lowest BCUT2D eigenvalue weighted by Crippen LogP contribution is -2.18. The van der Waals surface area contributed by atoms with E-state index >= 15 is 0 Å². The number of benzene rings is 1. The Morgan fingerprint density at radius 1 is 1.14 bits per heavy atom. The molecule has 1 aromatic carbocycles. The van der Waals surface area contributed by atoms with Gasteiger partial charge < -0.3 is 14.8 Å². The zero-order valence-corrected chi connectivity index (χ0v) is 11.6. The van der Waals surface area contributed by atoms with Gasteiger partial charge in [0.15, 0.2) is 11.6 Å². The van der Waals surface area contributed by atoms with Gasteiger partial charge in [-0.05, 0) is 17.7 Å². The number of hydrogen-bond acceptors (Lipinski definition) is 4. The van der Waals surface area contributed by atoms with Gasteiger partial charge >= 0.3 is 0 Å². The summed E-state index contributed by atoms with van der Waals surface area (Å²) in [5, 5.41) is 3.19. The van der Waals surface area contributed by atoms with Gasteiger partial charge in [0.2, 0.25) is 5.88 Å². The second-order valence-corrected chi connectivity index (χ2v) is 4.35. The van der Waals surface area contributed by atoms with E-state index < -0.39 is 11.6 Å². The number of hydrogen-bond donors (Lipinski definition) is 1. The lowest BCUT2D eigenvalue weighted by atomic mass is 10.3. The third-order valence-corrected chi connectivity index (χ3v) is 2.72. The van der Waals surface area contributed by atoms with Crippen molar-refractivity contribution < 1.29 is 18.3 Å². The molecule has 0 saturated carbocycles. The molecule has 0 spiro atoms. The number of halogens is 2. The molecule has 2 aromatic rings. The Kier molecular flexibility index (Phi) is 5.59. The molecule has 1 aromatic heterocycles. The lowest BCUT2D eigenvalue weighted by Gasteiger charge is -2.07. The minimum atomic E-state index is -0.952. The number of rotatable bonds is 7. The van der Waals surface area contributed by atoms with E-state index in [9.17, 15) is 8.78 Å². The summed E-state index contributed by atoms with van der Waals surface area (Å²) < 4.78 is 36.1. The van der Waals surface area contributed by atoms with Crippen molar-refractivity contribution in [3.05, 3.63) is 53.7 Å². The molecule has 0 bridgehead atoms. The summed E-state index contributed by atoms with van der Waals surface area (Å²) in [5.41, 5.74) is 0.990. The van der Waals surface area contributed by atoms with Crippen LogP contribution in [0.3, 0.4) is 0 Å². The molecule has 112 valence electrons. The van der Waals surface area contributed by atoms with Crippen LogP contribution >= 0.6 is 0 Å². The summed E-state index contributed by atoms with van der Waals surface area (Å²) in [5.74, 6) is -1.34. The van der Waals surface area contributed by atoms with Gasteiger partial charge in [-0.1, -0.05) is 6.07 Å². The third-order valence-electron chi connectivity index (χ3n) is 2.72. The van der Waals surface area contributed by atoms with Gasteiger partial charge in [-0.3, -0.25) is 0 Å². The predicted molar refractivity (Wildman–Crippen MR) is 74.3 cm³/mol. The molecular formula is C15H16F2N2O2. The molecule has 0 saturated heterocycles. The molecule has 0 aliphatic carbocycles. The molecule has 1 N–H and O–H groups in total. The molecule has 6 heteroatoms. The van der Waals surface area contributed by atoms with Crippen LogP contribution in [0.4, 0.5) is 8.78 Å². The number of nitrogens with zero attached hydrogens (tertiary/aromatic N) is 1. The van der Waals surface area contributed by atoms with Crippen LogP contribution in [0.1, 0.15) is 5.56 Å². The summed E-state index contributed by atoms with van der Waals surface area (Å²) in [7, 11) is 1.65. The SMILES string of the molecule is COCCNCc1ccc(Oc2ccc(F)c(F)c2)nc1. The predicted octanol–water partition coefficient (Wildman–Crippen LogP) is 2.89. The van der Waals surface area contributed by atoms with Gasteiger partial charge in [0.1, 0.15) is 5.75 Å². The molecule has 0 amide bonds.